The Hall–Kier alpha value is -3.95. The van der Waals surface area contributed by atoms with E-state index in [0.29, 0.717) is 24.1 Å². The van der Waals surface area contributed by atoms with Crippen LogP contribution in [0.2, 0.25) is 0 Å². The van der Waals surface area contributed by atoms with E-state index in [9.17, 15) is 23.1 Å². The highest BCUT2D eigenvalue weighted by Crippen LogP contribution is 2.36. The van der Waals surface area contributed by atoms with Crippen molar-refractivity contribution in [3.8, 4) is 11.1 Å². The first kappa shape index (κ1) is 23.8. The van der Waals surface area contributed by atoms with Crippen LogP contribution in [0.4, 0.5) is 10.5 Å². The normalized spacial score (nSPS) is 19.9. The first-order valence-electron chi connectivity index (χ1n) is 11.6. The number of para-hydroxylation sites is 1. The molecular weight excluding hydrogens is 480 g/mol. The van der Waals surface area contributed by atoms with Crippen molar-refractivity contribution < 1.29 is 31.4 Å². The van der Waals surface area contributed by atoms with Crippen LogP contribution in [0.25, 0.3) is 22.1 Å². The third-order valence-electron chi connectivity index (χ3n) is 6.85. The summed E-state index contributed by atoms with van der Waals surface area (Å²) in [5.74, 6) is -0.147. The Balaban J connectivity index is 1.33. The molecule has 1 aliphatic rings. The zero-order valence-electron chi connectivity index (χ0n) is 19.5. The highest BCUT2D eigenvalue weighted by Gasteiger charge is 2.57. The van der Waals surface area contributed by atoms with Crippen LogP contribution < -0.4 is 5.32 Å². The zero-order valence-corrected chi connectivity index (χ0v) is 20.4. The predicted octanol–water partition coefficient (Wildman–Crippen LogP) is 5.72. The van der Waals surface area contributed by atoms with Crippen LogP contribution in [-0.4, -0.2) is 42.0 Å². The van der Waals surface area contributed by atoms with Crippen LogP contribution in [0.1, 0.15) is 30.3 Å². The molecule has 0 bridgehead atoms. The van der Waals surface area contributed by atoms with Crippen molar-refractivity contribution in [1.29, 1.82) is 0 Å². The summed E-state index contributed by atoms with van der Waals surface area (Å²) in [6.45, 7) is 1.73. The van der Waals surface area contributed by atoms with Gasteiger partial charge in [0, 0.05) is 23.9 Å². The van der Waals surface area contributed by atoms with E-state index in [1.54, 1.807) is 43.3 Å². The molecule has 2 heterocycles. The smallest absolute Gasteiger partial charge is 0.451 e. The van der Waals surface area contributed by atoms with Gasteiger partial charge in [0.25, 0.3) is 5.91 Å². The number of sulfonamides is 1. The Kier molecular flexibility index (Phi) is 5.89. The maximum atomic E-state index is 13.3. The van der Waals surface area contributed by atoms with Crippen LogP contribution in [0, 0.1) is 0 Å². The summed E-state index contributed by atoms with van der Waals surface area (Å²) in [6.07, 6.45) is -0.253. The predicted molar refractivity (Wildman–Crippen MR) is 135 cm³/mol. The van der Waals surface area contributed by atoms with Crippen LogP contribution in [0.5, 0.6) is 0 Å². The van der Waals surface area contributed by atoms with Gasteiger partial charge in [-0.05, 0) is 54.4 Å². The fourth-order valence-electron chi connectivity index (χ4n) is 4.83. The molecule has 5 rings (SSSR count). The summed E-state index contributed by atoms with van der Waals surface area (Å²) in [5, 5.41) is 13.5. The second-order valence-corrected chi connectivity index (χ2v) is 11.0. The molecule has 1 aromatic heterocycles. The monoisotopic (exact) mass is 505 g/mol. The lowest BCUT2D eigenvalue weighted by Gasteiger charge is -2.30. The van der Waals surface area contributed by atoms with E-state index in [-0.39, 0.29) is 23.1 Å². The van der Waals surface area contributed by atoms with E-state index in [4.69, 9.17) is 4.42 Å². The number of carboxylic acid groups (broad SMARTS) is 1. The van der Waals surface area contributed by atoms with Crippen molar-refractivity contribution in [3.63, 3.8) is 0 Å². The second-order valence-electron chi connectivity index (χ2n) is 8.97. The number of carbonyl (C=O) groups excluding carboxylic acids is 1. The Morgan fingerprint density at radius 3 is 2.19 bits per heavy atom. The van der Waals surface area contributed by atoms with Gasteiger partial charge in [-0.25, -0.2) is 0 Å². The molecule has 3 aromatic carbocycles. The molecular formula is C27H25N2O6S+. The number of fused-ring (bicyclic) bond motifs is 1. The third-order valence-corrected chi connectivity index (χ3v) is 9.28. The summed E-state index contributed by atoms with van der Waals surface area (Å²) in [5.41, 5.74) is 2.80. The van der Waals surface area contributed by atoms with Gasteiger partial charge in [-0.3, -0.25) is 4.79 Å². The first-order chi connectivity index (χ1) is 17.2. The Morgan fingerprint density at radius 1 is 0.972 bits per heavy atom. The molecule has 9 heteroatoms. The van der Waals surface area contributed by atoms with Crippen molar-refractivity contribution in [1.82, 2.24) is 0 Å². The average Bonchev–Trinajstić information content (AvgIpc) is 3.49. The maximum Gasteiger partial charge on any atom is 0.529 e. The van der Waals surface area contributed by atoms with Gasteiger partial charge in [-0.1, -0.05) is 42.5 Å². The van der Waals surface area contributed by atoms with Gasteiger partial charge in [0.1, 0.15) is 23.1 Å². The van der Waals surface area contributed by atoms with Gasteiger partial charge in [-0.15, -0.1) is 3.89 Å². The molecule has 1 saturated heterocycles. The van der Waals surface area contributed by atoms with Gasteiger partial charge in [0.2, 0.25) is 0 Å². The molecule has 0 saturated carbocycles. The minimum absolute atomic E-state index is 0.0166. The molecule has 1 aliphatic heterocycles. The van der Waals surface area contributed by atoms with Gasteiger partial charge < -0.3 is 14.8 Å². The fourth-order valence-corrected chi connectivity index (χ4v) is 6.85. The lowest BCUT2D eigenvalue weighted by Crippen LogP contribution is -2.58. The van der Waals surface area contributed by atoms with E-state index >= 15 is 0 Å². The standard InChI is InChI=1S/C27H24N2O6S/c1-18-5-4-16-29(18,27(31)32)36(33,34)23-14-10-20(11-15-23)19-8-12-22(13-9-19)28-26(30)25-17-21-6-2-3-7-24(21)35-25/h2-3,6-15,17-18H,4-5,16H2,1H3,(H-,28,30,31,32)/p+1/t18-,29?/m1/s1. The number of furan rings is 1. The molecule has 184 valence electrons. The SMILES string of the molecule is C[C@@H]1CCC[N+]1(C(=O)O)S(=O)(=O)c1ccc(-c2ccc(NC(=O)c3cc4ccccc4o3)cc2)cc1. The number of hydrogen-bond donors (Lipinski definition) is 2. The third kappa shape index (κ3) is 3.86. The summed E-state index contributed by atoms with van der Waals surface area (Å²) >= 11 is 0. The van der Waals surface area contributed by atoms with Gasteiger partial charge in [0.15, 0.2) is 5.76 Å². The highest BCUT2D eigenvalue weighted by molar-refractivity contribution is 7.86. The number of rotatable bonds is 5. The number of carbonyl (C=O) groups is 2. The summed E-state index contributed by atoms with van der Waals surface area (Å²) in [4.78, 5) is 24.6. The number of amides is 2. The van der Waals surface area contributed by atoms with Crippen molar-refractivity contribution in [2.45, 2.75) is 30.7 Å². The molecule has 36 heavy (non-hydrogen) atoms. The van der Waals surface area contributed by atoms with E-state index in [1.807, 2.05) is 30.3 Å². The number of likely N-dealkylation sites (tertiary alicyclic amines) is 1. The quantitative estimate of drug-likeness (QED) is 0.336. The van der Waals surface area contributed by atoms with Crippen LogP contribution in [0.15, 0.2) is 88.2 Å². The van der Waals surface area contributed by atoms with Gasteiger partial charge in [-0.2, -0.15) is 13.2 Å². The van der Waals surface area contributed by atoms with Crippen molar-refractivity contribution in [3.05, 3.63) is 84.6 Å². The summed E-state index contributed by atoms with van der Waals surface area (Å²) in [6, 6.07) is 21.9. The Bertz CT molecular complexity index is 1530. The number of anilines is 1. The zero-order chi connectivity index (χ0) is 25.5. The minimum Gasteiger partial charge on any atom is -0.451 e. The maximum absolute atomic E-state index is 13.3. The molecule has 0 spiro atoms. The Labute approximate surface area is 208 Å². The molecule has 2 N–H and O–H groups in total. The van der Waals surface area contributed by atoms with Crippen molar-refractivity contribution >= 4 is 38.7 Å². The Morgan fingerprint density at radius 2 is 1.61 bits per heavy atom. The largest absolute Gasteiger partial charge is 0.529 e. The molecule has 1 fully saturated rings. The molecule has 0 aliphatic carbocycles. The molecule has 2 atom stereocenters. The number of benzene rings is 3. The molecule has 0 radical (unpaired) electrons. The number of nitrogens with one attached hydrogen (secondary N) is 1. The molecule has 8 nitrogen and oxygen atoms in total. The molecule has 4 aromatic rings. The van der Waals surface area contributed by atoms with E-state index < -0.39 is 26.0 Å². The van der Waals surface area contributed by atoms with Gasteiger partial charge in [0.05, 0.1) is 0 Å². The topological polar surface area (TPSA) is 114 Å². The number of hydrogen-bond acceptors (Lipinski definition) is 5. The lowest BCUT2D eigenvalue weighted by molar-refractivity contribution is -0.741. The highest BCUT2D eigenvalue weighted by atomic mass is 32.2. The minimum atomic E-state index is -4.12. The molecule has 1 unspecified atom stereocenters. The molecule has 2 amide bonds. The number of nitrogens with zero attached hydrogens (tertiary/aromatic N) is 1. The average molecular weight is 506 g/mol. The van der Waals surface area contributed by atoms with Crippen molar-refractivity contribution in [2.24, 2.45) is 0 Å². The van der Waals surface area contributed by atoms with Gasteiger partial charge >= 0.3 is 16.1 Å². The van der Waals surface area contributed by atoms with Crippen LogP contribution >= 0.6 is 0 Å². The lowest BCUT2D eigenvalue weighted by atomic mass is 10.1. The first-order valence-corrected chi connectivity index (χ1v) is 13.0. The summed E-state index contributed by atoms with van der Waals surface area (Å²) < 4.78 is 31.3. The van der Waals surface area contributed by atoms with Crippen LogP contribution in [0.3, 0.4) is 0 Å². The van der Waals surface area contributed by atoms with E-state index in [2.05, 4.69) is 5.32 Å². The summed E-state index contributed by atoms with van der Waals surface area (Å²) in [7, 11) is -4.12. The number of quaternary nitrogens is 1. The van der Waals surface area contributed by atoms with E-state index in [1.165, 1.54) is 12.1 Å². The van der Waals surface area contributed by atoms with E-state index in [0.717, 1.165) is 16.5 Å². The second kappa shape index (κ2) is 8.92. The van der Waals surface area contributed by atoms with Crippen molar-refractivity contribution in [2.75, 3.05) is 11.9 Å². The fraction of sp³-hybridized carbons (Fsp3) is 0.185. The van der Waals surface area contributed by atoms with Crippen LogP contribution in [-0.2, 0) is 10.0 Å².